The second kappa shape index (κ2) is 8.28. The first kappa shape index (κ1) is 21.2. The van der Waals surface area contributed by atoms with Crippen molar-refractivity contribution in [2.45, 2.75) is 45.3 Å². The van der Waals surface area contributed by atoms with Crippen molar-refractivity contribution in [2.75, 3.05) is 11.9 Å². The van der Waals surface area contributed by atoms with Gasteiger partial charge in [-0.2, -0.15) is 0 Å². The van der Waals surface area contributed by atoms with Crippen LogP contribution in [0.1, 0.15) is 26.3 Å². The third-order valence-electron chi connectivity index (χ3n) is 5.03. The number of nitrogens with one attached hydrogen (secondary N) is 1. The van der Waals surface area contributed by atoms with Gasteiger partial charge >= 0.3 is 6.09 Å². The quantitative estimate of drug-likeness (QED) is 0.653. The second-order valence-corrected chi connectivity index (χ2v) is 7.26. The zero-order valence-corrected chi connectivity index (χ0v) is 16.4. The molecule has 0 radical (unpaired) electrons. The Balaban J connectivity index is 2.30. The number of likely N-dealkylation sites (N-methyl/N-ethyl adjacent to an activating group) is 1. The fourth-order valence-corrected chi connectivity index (χ4v) is 3.16. The molecule has 2 rings (SSSR count). The first-order valence-electron chi connectivity index (χ1n) is 9.02. The van der Waals surface area contributed by atoms with Crippen molar-refractivity contribution in [2.24, 2.45) is 11.7 Å². The molecular weight excluding hydrogens is 364 g/mol. The van der Waals surface area contributed by atoms with Gasteiger partial charge in [0.2, 0.25) is 11.8 Å². The van der Waals surface area contributed by atoms with Crippen LogP contribution in [0.15, 0.2) is 24.3 Å². The fourth-order valence-electron chi connectivity index (χ4n) is 3.16. The van der Waals surface area contributed by atoms with E-state index in [0.717, 1.165) is 10.5 Å². The SMILES string of the molecule is CC(C)[C@H](NC(=O)[C@H](C)N(C)C(=O)O)C(=O)N1c2ccccc2C[C@H]1C(N)=O. The number of anilines is 1. The standard InChI is InChI=1S/C19H26N4O5/c1-10(2)15(21-17(25)11(3)22(4)19(27)28)18(26)23-13-8-6-5-7-12(13)9-14(23)16(20)24/h5-8,10-11,14-15H,9H2,1-4H3,(H2,20,24)(H,21,25)(H,27,28)/t11-,14-,15-/m0/s1. The molecule has 1 aliphatic rings. The van der Waals surface area contributed by atoms with Crippen molar-refractivity contribution in [3.8, 4) is 0 Å². The summed E-state index contributed by atoms with van der Waals surface area (Å²) >= 11 is 0. The van der Waals surface area contributed by atoms with Gasteiger partial charge in [0.25, 0.3) is 5.91 Å². The number of hydrogen-bond donors (Lipinski definition) is 3. The molecule has 0 saturated carbocycles. The Kier molecular flexibility index (Phi) is 6.27. The zero-order valence-electron chi connectivity index (χ0n) is 16.4. The molecule has 4 amide bonds. The van der Waals surface area contributed by atoms with E-state index in [1.54, 1.807) is 26.0 Å². The van der Waals surface area contributed by atoms with Crippen LogP contribution in [0.2, 0.25) is 0 Å². The van der Waals surface area contributed by atoms with E-state index in [1.165, 1.54) is 18.9 Å². The minimum absolute atomic E-state index is 0.292. The van der Waals surface area contributed by atoms with Crippen LogP contribution in [0.3, 0.4) is 0 Å². The molecule has 152 valence electrons. The molecule has 0 saturated heterocycles. The average Bonchev–Trinajstić information content (AvgIpc) is 3.03. The summed E-state index contributed by atoms with van der Waals surface area (Å²) in [7, 11) is 1.28. The first-order valence-corrected chi connectivity index (χ1v) is 9.02. The minimum atomic E-state index is -1.25. The van der Waals surface area contributed by atoms with Gasteiger partial charge < -0.3 is 16.2 Å². The predicted octanol–water partition coefficient (Wildman–Crippen LogP) is 0.569. The molecular formula is C19H26N4O5. The summed E-state index contributed by atoms with van der Waals surface area (Å²) in [4.78, 5) is 51.0. The van der Waals surface area contributed by atoms with E-state index in [2.05, 4.69) is 5.32 Å². The molecule has 3 atom stereocenters. The molecule has 0 aromatic heterocycles. The lowest BCUT2D eigenvalue weighted by Crippen LogP contribution is -2.58. The molecule has 9 heteroatoms. The van der Waals surface area contributed by atoms with E-state index in [0.29, 0.717) is 12.1 Å². The maximum atomic E-state index is 13.3. The topological polar surface area (TPSA) is 133 Å². The number of fused-ring (bicyclic) bond motifs is 1. The largest absolute Gasteiger partial charge is 0.465 e. The van der Waals surface area contributed by atoms with E-state index < -0.39 is 41.9 Å². The number of para-hydroxylation sites is 1. The van der Waals surface area contributed by atoms with Gasteiger partial charge in [0, 0.05) is 19.2 Å². The molecule has 1 aliphatic heterocycles. The smallest absolute Gasteiger partial charge is 0.407 e. The first-order chi connectivity index (χ1) is 13.1. The number of hydrogen-bond acceptors (Lipinski definition) is 4. The molecule has 0 fully saturated rings. The summed E-state index contributed by atoms with van der Waals surface area (Å²) in [5.74, 6) is -1.97. The van der Waals surface area contributed by atoms with Crippen molar-refractivity contribution >= 4 is 29.5 Å². The number of carboxylic acid groups (broad SMARTS) is 1. The highest BCUT2D eigenvalue weighted by atomic mass is 16.4. The molecule has 1 aromatic rings. The Morgan fingerprint density at radius 2 is 1.82 bits per heavy atom. The summed E-state index contributed by atoms with van der Waals surface area (Å²) in [6, 6.07) is 4.38. The van der Waals surface area contributed by atoms with Crippen LogP contribution in [-0.2, 0) is 20.8 Å². The molecule has 4 N–H and O–H groups in total. The van der Waals surface area contributed by atoms with Crippen molar-refractivity contribution < 1.29 is 24.3 Å². The number of rotatable bonds is 6. The van der Waals surface area contributed by atoms with Crippen molar-refractivity contribution in [1.29, 1.82) is 0 Å². The highest BCUT2D eigenvalue weighted by molar-refractivity contribution is 6.06. The second-order valence-electron chi connectivity index (χ2n) is 7.26. The number of carbonyl (C=O) groups is 4. The molecule has 9 nitrogen and oxygen atoms in total. The summed E-state index contributed by atoms with van der Waals surface area (Å²) < 4.78 is 0. The third-order valence-corrected chi connectivity index (χ3v) is 5.03. The van der Waals surface area contributed by atoms with Crippen molar-refractivity contribution in [3.63, 3.8) is 0 Å². The molecule has 28 heavy (non-hydrogen) atoms. The Bertz CT molecular complexity index is 794. The monoisotopic (exact) mass is 390 g/mol. The van der Waals surface area contributed by atoms with Crippen LogP contribution in [0.4, 0.5) is 10.5 Å². The molecule has 0 bridgehead atoms. The van der Waals surface area contributed by atoms with E-state index in [1.807, 2.05) is 12.1 Å². The minimum Gasteiger partial charge on any atom is -0.465 e. The zero-order chi connectivity index (χ0) is 21.2. The van der Waals surface area contributed by atoms with E-state index in [-0.39, 0.29) is 5.92 Å². The number of benzene rings is 1. The fraction of sp³-hybridized carbons (Fsp3) is 0.474. The van der Waals surface area contributed by atoms with Gasteiger partial charge in [-0.05, 0) is 24.5 Å². The lowest BCUT2D eigenvalue weighted by atomic mass is 10.0. The van der Waals surface area contributed by atoms with Gasteiger partial charge in [0.1, 0.15) is 18.1 Å². The van der Waals surface area contributed by atoms with Gasteiger partial charge in [-0.3, -0.25) is 24.2 Å². The van der Waals surface area contributed by atoms with Crippen LogP contribution in [0, 0.1) is 5.92 Å². The Morgan fingerprint density at radius 3 is 2.36 bits per heavy atom. The lowest BCUT2D eigenvalue weighted by Gasteiger charge is -2.31. The molecule has 0 spiro atoms. The molecule has 1 heterocycles. The molecule has 0 unspecified atom stereocenters. The third kappa shape index (κ3) is 4.08. The van der Waals surface area contributed by atoms with Gasteiger partial charge in [-0.15, -0.1) is 0 Å². The van der Waals surface area contributed by atoms with Gasteiger partial charge in [0.05, 0.1) is 0 Å². The molecule has 1 aromatic carbocycles. The number of nitrogens with two attached hydrogens (primary N) is 1. The average molecular weight is 390 g/mol. The van der Waals surface area contributed by atoms with Gasteiger partial charge in [-0.1, -0.05) is 32.0 Å². The summed E-state index contributed by atoms with van der Waals surface area (Å²) in [6.07, 6.45) is -0.939. The number of primary amides is 1. The predicted molar refractivity (Wildman–Crippen MR) is 103 cm³/mol. The summed E-state index contributed by atoms with van der Waals surface area (Å²) in [6.45, 7) is 4.95. The van der Waals surface area contributed by atoms with Crippen molar-refractivity contribution in [1.82, 2.24) is 10.2 Å². The van der Waals surface area contributed by atoms with E-state index in [4.69, 9.17) is 10.8 Å². The summed E-state index contributed by atoms with van der Waals surface area (Å²) in [5, 5.41) is 11.7. The van der Waals surface area contributed by atoms with Gasteiger partial charge in [-0.25, -0.2) is 4.79 Å². The maximum absolute atomic E-state index is 13.3. The number of nitrogens with zero attached hydrogens (tertiary/aromatic N) is 2. The van der Waals surface area contributed by atoms with E-state index in [9.17, 15) is 19.2 Å². The highest BCUT2D eigenvalue weighted by Crippen LogP contribution is 2.33. The van der Waals surface area contributed by atoms with Crippen LogP contribution in [0.5, 0.6) is 0 Å². The normalized spacial score (nSPS) is 17.6. The highest BCUT2D eigenvalue weighted by Gasteiger charge is 2.41. The maximum Gasteiger partial charge on any atom is 0.407 e. The van der Waals surface area contributed by atoms with Crippen LogP contribution in [0.25, 0.3) is 0 Å². The van der Waals surface area contributed by atoms with Crippen LogP contribution < -0.4 is 16.0 Å². The van der Waals surface area contributed by atoms with E-state index >= 15 is 0 Å². The Hall–Kier alpha value is -3.10. The van der Waals surface area contributed by atoms with Crippen molar-refractivity contribution in [3.05, 3.63) is 29.8 Å². The number of carbonyl (C=O) groups excluding carboxylic acids is 3. The Labute approximate surface area is 163 Å². The number of amides is 4. The van der Waals surface area contributed by atoms with Crippen LogP contribution in [-0.4, -0.2) is 59.0 Å². The van der Waals surface area contributed by atoms with Crippen LogP contribution >= 0.6 is 0 Å². The summed E-state index contributed by atoms with van der Waals surface area (Å²) in [5.41, 5.74) is 6.93. The lowest BCUT2D eigenvalue weighted by molar-refractivity contribution is -0.131. The molecule has 0 aliphatic carbocycles. The van der Waals surface area contributed by atoms with Gasteiger partial charge in [0.15, 0.2) is 0 Å². The Morgan fingerprint density at radius 1 is 1.21 bits per heavy atom.